The van der Waals surface area contributed by atoms with Crippen LogP contribution in [0.15, 0.2) is 71.8 Å². The minimum atomic E-state index is -3.37. The van der Waals surface area contributed by atoms with Gasteiger partial charge in [0.25, 0.3) is 0 Å². The Morgan fingerprint density at radius 1 is 1.06 bits per heavy atom. The molecule has 0 aliphatic rings. The van der Waals surface area contributed by atoms with Gasteiger partial charge in [0.15, 0.2) is 15.0 Å². The van der Waals surface area contributed by atoms with E-state index in [-0.39, 0.29) is 23.8 Å². The lowest BCUT2D eigenvalue weighted by molar-refractivity contribution is -0.118. The van der Waals surface area contributed by atoms with Gasteiger partial charge < -0.3 is 4.74 Å². The first-order valence-corrected chi connectivity index (χ1v) is 13.7. The minimum absolute atomic E-state index is 0.100. The first-order valence-electron chi connectivity index (χ1n) is 11.3. The van der Waals surface area contributed by atoms with Crippen LogP contribution in [-0.2, 0) is 27.6 Å². The average molecular weight is 510 g/mol. The number of fused-ring (bicyclic) bond motifs is 1. The molecule has 0 saturated heterocycles. The molecule has 9 heteroatoms. The van der Waals surface area contributed by atoms with Crippen molar-refractivity contribution in [1.29, 1.82) is 0 Å². The van der Waals surface area contributed by atoms with Crippen molar-refractivity contribution in [3.05, 3.63) is 78.1 Å². The second-order valence-corrected chi connectivity index (χ2v) is 11.8. The predicted octanol–water partition coefficient (Wildman–Crippen LogP) is 5.05. The molecule has 2 aromatic carbocycles. The van der Waals surface area contributed by atoms with E-state index in [0.29, 0.717) is 17.5 Å². The van der Waals surface area contributed by atoms with Crippen LogP contribution in [0.2, 0.25) is 0 Å². The number of hydrogen-bond acceptors (Lipinski definition) is 7. The Labute approximate surface area is 209 Å². The zero-order valence-corrected chi connectivity index (χ0v) is 21.5. The van der Waals surface area contributed by atoms with Crippen LogP contribution in [0.1, 0.15) is 32.0 Å². The fraction of sp³-hybridized carbons (Fsp3) is 0.269. The summed E-state index contributed by atoms with van der Waals surface area (Å²) in [6.45, 7) is 6.00. The van der Waals surface area contributed by atoms with Gasteiger partial charge in [-0.2, -0.15) is 0 Å². The smallest absolute Gasteiger partial charge is 0.233 e. The SMILES string of the molecule is CCOc1cccc2sc(N(Cc3ccccn3)C(=O)Cc3ccc(S(=O)(=O)C(C)C)cc3)nc12. The van der Waals surface area contributed by atoms with E-state index in [4.69, 9.17) is 9.72 Å². The Morgan fingerprint density at radius 2 is 1.83 bits per heavy atom. The van der Waals surface area contributed by atoms with Crippen molar-refractivity contribution in [3.8, 4) is 5.75 Å². The lowest BCUT2D eigenvalue weighted by Crippen LogP contribution is -2.32. The first kappa shape index (κ1) is 24.8. The molecule has 7 nitrogen and oxygen atoms in total. The summed E-state index contributed by atoms with van der Waals surface area (Å²) in [5.41, 5.74) is 2.18. The first-order chi connectivity index (χ1) is 16.8. The fourth-order valence-electron chi connectivity index (χ4n) is 3.55. The van der Waals surface area contributed by atoms with Crippen molar-refractivity contribution < 1.29 is 17.9 Å². The van der Waals surface area contributed by atoms with Crippen LogP contribution in [0.3, 0.4) is 0 Å². The number of rotatable bonds is 9. The monoisotopic (exact) mass is 509 g/mol. The largest absolute Gasteiger partial charge is 0.492 e. The summed E-state index contributed by atoms with van der Waals surface area (Å²) >= 11 is 1.42. The highest BCUT2D eigenvalue weighted by molar-refractivity contribution is 7.92. The number of carbonyl (C=O) groups excluding carboxylic acids is 1. The summed E-state index contributed by atoms with van der Waals surface area (Å²) in [6, 6.07) is 17.8. The van der Waals surface area contributed by atoms with Gasteiger partial charge in [-0.3, -0.25) is 14.7 Å². The highest BCUT2D eigenvalue weighted by Crippen LogP contribution is 2.35. The molecule has 0 saturated carbocycles. The number of pyridine rings is 1. The Balaban J connectivity index is 1.65. The summed E-state index contributed by atoms with van der Waals surface area (Å²) in [4.78, 5) is 24.5. The molecule has 0 spiro atoms. The summed E-state index contributed by atoms with van der Waals surface area (Å²) in [7, 11) is -3.37. The van der Waals surface area contributed by atoms with Crippen molar-refractivity contribution in [2.75, 3.05) is 11.5 Å². The van der Waals surface area contributed by atoms with Crippen LogP contribution in [0.4, 0.5) is 5.13 Å². The summed E-state index contributed by atoms with van der Waals surface area (Å²) in [6.07, 6.45) is 1.79. The summed E-state index contributed by atoms with van der Waals surface area (Å²) in [5.74, 6) is 0.520. The third-order valence-electron chi connectivity index (χ3n) is 5.48. The molecule has 2 heterocycles. The zero-order chi connectivity index (χ0) is 25.0. The zero-order valence-electron chi connectivity index (χ0n) is 19.8. The van der Waals surface area contributed by atoms with Gasteiger partial charge in [0.05, 0.1) is 40.1 Å². The molecular formula is C26H27N3O4S2. The quantitative estimate of drug-likeness (QED) is 0.314. The number of aromatic nitrogens is 2. The number of sulfone groups is 1. The van der Waals surface area contributed by atoms with Crippen LogP contribution in [-0.4, -0.2) is 36.1 Å². The van der Waals surface area contributed by atoms with Crippen molar-refractivity contribution in [2.45, 2.75) is 43.9 Å². The Bertz CT molecular complexity index is 1420. The van der Waals surface area contributed by atoms with Gasteiger partial charge >= 0.3 is 0 Å². The van der Waals surface area contributed by atoms with Gasteiger partial charge in [0, 0.05) is 6.20 Å². The molecule has 2 aromatic heterocycles. The van der Waals surface area contributed by atoms with E-state index < -0.39 is 15.1 Å². The van der Waals surface area contributed by atoms with Gasteiger partial charge in [-0.25, -0.2) is 13.4 Å². The number of amides is 1. The van der Waals surface area contributed by atoms with E-state index in [1.54, 1.807) is 49.2 Å². The Kier molecular flexibility index (Phi) is 7.47. The van der Waals surface area contributed by atoms with Crippen LogP contribution in [0, 0.1) is 0 Å². The molecule has 0 bridgehead atoms. The van der Waals surface area contributed by atoms with E-state index in [1.165, 1.54) is 11.3 Å². The highest BCUT2D eigenvalue weighted by Gasteiger charge is 2.23. The van der Waals surface area contributed by atoms with Crippen molar-refractivity contribution in [2.24, 2.45) is 0 Å². The molecule has 0 unspecified atom stereocenters. The fourth-order valence-corrected chi connectivity index (χ4v) is 5.61. The van der Waals surface area contributed by atoms with Crippen molar-refractivity contribution >= 4 is 42.4 Å². The summed E-state index contributed by atoms with van der Waals surface area (Å²) < 4.78 is 31.5. The number of hydrogen-bond donors (Lipinski definition) is 0. The van der Waals surface area contributed by atoms with Gasteiger partial charge in [-0.1, -0.05) is 35.6 Å². The second-order valence-electron chi connectivity index (χ2n) is 8.25. The van der Waals surface area contributed by atoms with Crippen LogP contribution in [0.5, 0.6) is 5.75 Å². The summed E-state index contributed by atoms with van der Waals surface area (Å²) in [5, 5.41) is 0.0475. The second kappa shape index (κ2) is 10.5. The number of ether oxygens (including phenoxy) is 1. The van der Waals surface area contributed by atoms with Gasteiger partial charge in [0.1, 0.15) is 11.3 Å². The topological polar surface area (TPSA) is 89.5 Å². The van der Waals surface area contributed by atoms with Crippen molar-refractivity contribution in [3.63, 3.8) is 0 Å². The third-order valence-corrected chi connectivity index (χ3v) is 8.69. The Hall–Kier alpha value is -3.30. The predicted molar refractivity (Wildman–Crippen MR) is 139 cm³/mol. The van der Waals surface area contributed by atoms with E-state index >= 15 is 0 Å². The lowest BCUT2D eigenvalue weighted by Gasteiger charge is -2.20. The third kappa shape index (κ3) is 5.52. The molecule has 35 heavy (non-hydrogen) atoms. The molecular weight excluding hydrogens is 482 g/mol. The molecule has 0 aliphatic heterocycles. The van der Waals surface area contributed by atoms with E-state index in [1.807, 2.05) is 43.3 Å². The molecule has 0 atom stereocenters. The maximum Gasteiger partial charge on any atom is 0.233 e. The minimum Gasteiger partial charge on any atom is -0.492 e. The molecule has 4 aromatic rings. The molecule has 1 amide bonds. The standard InChI is InChI=1S/C26H27N3O4S2/c1-4-33-22-9-7-10-23-25(22)28-26(34-23)29(17-20-8-5-6-15-27-20)24(30)16-19-11-13-21(14-12-19)35(31,32)18(2)3/h5-15,18H,4,16-17H2,1-3H3. The molecule has 0 fully saturated rings. The number of anilines is 1. The lowest BCUT2D eigenvalue weighted by atomic mass is 10.1. The number of benzene rings is 2. The van der Waals surface area contributed by atoms with Crippen LogP contribution in [0.25, 0.3) is 10.2 Å². The van der Waals surface area contributed by atoms with Crippen LogP contribution >= 0.6 is 11.3 Å². The molecule has 0 aliphatic carbocycles. The number of para-hydroxylation sites is 1. The molecule has 0 N–H and O–H groups in total. The number of nitrogens with zero attached hydrogens (tertiary/aromatic N) is 3. The average Bonchev–Trinajstić information content (AvgIpc) is 3.28. The van der Waals surface area contributed by atoms with Gasteiger partial charge in [-0.05, 0) is 62.7 Å². The Morgan fingerprint density at radius 3 is 2.49 bits per heavy atom. The van der Waals surface area contributed by atoms with E-state index in [9.17, 15) is 13.2 Å². The van der Waals surface area contributed by atoms with Gasteiger partial charge in [-0.15, -0.1) is 0 Å². The van der Waals surface area contributed by atoms with Gasteiger partial charge in [0.2, 0.25) is 5.91 Å². The van der Waals surface area contributed by atoms with Crippen LogP contribution < -0.4 is 9.64 Å². The molecule has 0 radical (unpaired) electrons. The van der Waals surface area contributed by atoms with Crippen molar-refractivity contribution in [1.82, 2.24) is 9.97 Å². The maximum absolute atomic E-state index is 13.5. The number of carbonyl (C=O) groups is 1. The van der Waals surface area contributed by atoms with E-state index in [0.717, 1.165) is 21.5 Å². The van der Waals surface area contributed by atoms with E-state index in [2.05, 4.69) is 4.98 Å². The maximum atomic E-state index is 13.5. The normalized spacial score (nSPS) is 11.7. The molecule has 182 valence electrons. The molecule has 4 rings (SSSR count). The highest BCUT2D eigenvalue weighted by atomic mass is 32.2. The number of thiazole rings is 1.